The Morgan fingerprint density at radius 1 is 1.31 bits per heavy atom. The summed E-state index contributed by atoms with van der Waals surface area (Å²) in [6, 6.07) is 8.02. The van der Waals surface area contributed by atoms with Crippen LogP contribution < -0.4 is 10.5 Å². The second-order valence-electron chi connectivity index (χ2n) is 6.72. The fourth-order valence-corrected chi connectivity index (χ4v) is 3.41. The Morgan fingerprint density at radius 3 is 2.83 bits per heavy atom. The molecule has 0 aliphatic rings. The van der Waals surface area contributed by atoms with Crippen LogP contribution in [0.2, 0.25) is 0 Å². The van der Waals surface area contributed by atoms with E-state index in [1.807, 2.05) is 35.8 Å². The van der Waals surface area contributed by atoms with Gasteiger partial charge in [-0.3, -0.25) is 9.36 Å². The lowest BCUT2D eigenvalue weighted by molar-refractivity contribution is -0.141. The van der Waals surface area contributed by atoms with Crippen molar-refractivity contribution in [3.05, 3.63) is 40.1 Å². The van der Waals surface area contributed by atoms with Crippen LogP contribution in [0.15, 0.2) is 29.0 Å². The topological polar surface area (TPSA) is 105 Å². The second-order valence-corrected chi connectivity index (χ2v) is 7.43. The maximum atomic E-state index is 11.9. The molecule has 29 heavy (non-hydrogen) atoms. The number of carbonyl (C=O) groups is 1. The van der Waals surface area contributed by atoms with E-state index < -0.39 is 0 Å². The Hall–Kier alpha value is -2.68. The molecule has 0 aliphatic heterocycles. The Morgan fingerprint density at radius 2 is 2.10 bits per heavy atom. The molecule has 0 saturated carbocycles. The third kappa shape index (κ3) is 4.67. The normalized spacial score (nSPS) is 12.1. The first-order valence-corrected chi connectivity index (χ1v) is 10.2. The molecule has 0 amide bonds. The van der Waals surface area contributed by atoms with Crippen LogP contribution in [0.25, 0.3) is 11.2 Å². The van der Waals surface area contributed by atoms with Crippen LogP contribution in [-0.2, 0) is 16.1 Å². The number of methoxy groups -OCH3 is 1. The highest BCUT2D eigenvalue weighted by molar-refractivity contribution is 9.10. The van der Waals surface area contributed by atoms with Gasteiger partial charge >= 0.3 is 12.0 Å². The van der Waals surface area contributed by atoms with Gasteiger partial charge in [-0.1, -0.05) is 37.6 Å². The van der Waals surface area contributed by atoms with Gasteiger partial charge in [-0.2, -0.15) is 9.97 Å². The number of hydrogen-bond donors (Lipinski definition) is 1. The molecule has 0 saturated heterocycles. The van der Waals surface area contributed by atoms with Crippen LogP contribution in [0, 0.1) is 0 Å². The van der Waals surface area contributed by atoms with Gasteiger partial charge in [0.25, 0.3) is 0 Å². The molecule has 1 atom stereocenters. The first-order chi connectivity index (χ1) is 13.9. The van der Waals surface area contributed by atoms with E-state index in [1.54, 1.807) is 0 Å². The predicted molar refractivity (Wildman–Crippen MR) is 114 cm³/mol. The van der Waals surface area contributed by atoms with Crippen molar-refractivity contribution in [2.24, 2.45) is 0 Å². The fraction of sp³-hybridized carbons (Fsp3) is 0.400. The van der Waals surface area contributed by atoms with Gasteiger partial charge in [-0.15, -0.1) is 0 Å². The van der Waals surface area contributed by atoms with Crippen molar-refractivity contribution in [3.63, 3.8) is 0 Å². The fourth-order valence-electron chi connectivity index (χ4n) is 2.94. The van der Waals surface area contributed by atoms with Crippen LogP contribution in [0.5, 0.6) is 6.01 Å². The Balaban J connectivity index is 1.93. The van der Waals surface area contributed by atoms with E-state index in [9.17, 15) is 4.79 Å². The average molecular weight is 462 g/mol. The number of rotatable bonds is 8. The molecule has 2 heterocycles. The maximum absolute atomic E-state index is 11.9. The quantitative estimate of drug-likeness (QED) is 0.309. The molecule has 0 bridgehead atoms. The molecule has 1 aromatic carbocycles. The highest BCUT2D eigenvalue weighted by atomic mass is 79.9. The summed E-state index contributed by atoms with van der Waals surface area (Å²) < 4.78 is 13.0. The maximum Gasteiger partial charge on any atom is 0.320 e. The van der Waals surface area contributed by atoms with E-state index >= 15 is 0 Å². The summed E-state index contributed by atoms with van der Waals surface area (Å²) in [7, 11) is 1.39. The monoisotopic (exact) mass is 461 g/mol. The molecule has 154 valence electrons. The summed E-state index contributed by atoms with van der Waals surface area (Å²) in [6.45, 7) is 4.93. The zero-order chi connectivity index (χ0) is 21.0. The number of imidazole rings is 1. The summed E-state index contributed by atoms with van der Waals surface area (Å²) in [5.74, 6) is -0.348. The van der Waals surface area contributed by atoms with Crippen molar-refractivity contribution in [1.82, 2.24) is 19.5 Å². The molecule has 1 unspecified atom stereocenters. The van der Waals surface area contributed by atoms with E-state index in [1.165, 1.54) is 7.11 Å². The number of fused-ring (bicyclic) bond motifs is 1. The first-order valence-electron chi connectivity index (χ1n) is 9.43. The van der Waals surface area contributed by atoms with Crippen LogP contribution in [-0.4, -0.2) is 39.2 Å². The molecular formula is C20H24BrN5O3. The lowest BCUT2D eigenvalue weighted by Crippen LogP contribution is -2.11. The number of unbranched alkanes of at least 4 members (excludes halogenated alkanes) is 1. The number of ether oxygens (including phenoxy) is 2. The van der Waals surface area contributed by atoms with E-state index in [-0.39, 0.29) is 23.7 Å². The van der Waals surface area contributed by atoms with Gasteiger partial charge in [0.15, 0.2) is 21.7 Å². The third-order valence-electron chi connectivity index (χ3n) is 4.63. The number of aromatic nitrogens is 4. The number of carbonyl (C=O) groups excluding carboxylic acids is 1. The standard InChI is InChI=1S/C20H24BrN5O3/c1-4-5-9-29-20-24-16(22)15-17(25-20)26(19(21)23-15)11-13-7-6-8-14(10-13)12(2)18(27)28-3/h6-8,10,12H,4-5,9,11H2,1-3H3,(H2,22,24,25). The van der Waals surface area contributed by atoms with Crippen molar-refractivity contribution in [1.29, 1.82) is 0 Å². The molecule has 0 spiro atoms. The number of hydrogen-bond acceptors (Lipinski definition) is 7. The van der Waals surface area contributed by atoms with Gasteiger partial charge in [0.05, 0.1) is 26.2 Å². The molecule has 2 aromatic heterocycles. The van der Waals surface area contributed by atoms with Gasteiger partial charge in [0, 0.05) is 0 Å². The Labute approximate surface area is 177 Å². The minimum absolute atomic E-state index is 0.241. The number of nitrogens with zero attached hydrogens (tertiary/aromatic N) is 4. The van der Waals surface area contributed by atoms with Crippen LogP contribution >= 0.6 is 15.9 Å². The lowest BCUT2D eigenvalue weighted by atomic mass is 9.99. The SMILES string of the molecule is CCCCOc1nc(N)c2nc(Br)n(Cc3cccc(C(C)C(=O)OC)c3)c2n1. The molecule has 0 aliphatic carbocycles. The van der Waals surface area contributed by atoms with Crippen molar-refractivity contribution in [2.75, 3.05) is 19.5 Å². The van der Waals surface area contributed by atoms with Gasteiger partial charge in [0.2, 0.25) is 0 Å². The largest absolute Gasteiger partial charge is 0.469 e. The van der Waals surface area contributed by atoms with Gasteiger partial charge in [0.1, 0.15) is 0 Å². The number of nitrogens with two attached hydrogens (primary N) is 1. The summed E-state index contributed by atoms with van der Waals surface area (Å²) >= 11 is 3.49. The minimum atomic E-state index is -0.348. The minimum Gasteiger partial charge on any atom is -0.469 e. The van der Waals surface area contributed by atoms with Crippen molar-refractivity contribution in [2.45, 2.75) is 39.2 Å². The number of anilines is 1. The molecular weight excluding hydrogens is 438 g/mol. The van der Waals surface area contributed by atoms with Crippen molar-refractivity contribution in [3.8, 4) is 6.01 Å². The van der Waals surface area contributed by atoms with E-state index in [0.717, 1.165) is 24.0 Å². The molecule has 2 N–H and O–H groups in total. The number of esters is 1. The second kappa shape index (κ2) is 9.21. The molecule has 3 rings (SSSR count). The van der Waals surface area contributed by atoms with Gasteiger partial charge in [-0.05, 0) is 40.4 Å². The molecule has 0 fully saturated rings. The molecule has 3 aromatic rings. The summed E-state index contributed by atoms with van der Waals surface area (Å²) in [4.78, 5) is 25.0. The first kappa shape index (κ1) is 21.0. The Bertz CT molecular complexity index is 1020. The van der Waals surface area contributed by atoms with E-state index in [2.05, 4.69) is 37.8 Å². The van der Waals surface area contributed by atoms with Crippen LogP contribution in [0.3, 0.4) is 0 Å². The number of nitrogen functional groups attached to an aromatic ring is 1. The lowest BCUT2D eigenvalue weighted by Gasteiger charge is -2.12. The smallest absolute Gasteiger partial charge is 0.320 e. The Kier molecular flexibility index (Phi) is 6.68. The summed E-state index contributed by atoms with van der Waals surface area (Å²) in [6.07, 6.45) is 1.93. The predicted octanol–water partition coefficient (Wildman–Crippen LogP) is 3.67. The van der Waals surface area contributed by atoms with E-state index in [4.69, 9.17) is 15.2 Å². The average Bonchev–Trinajstić information content (AvgIpc) is 3.03. The zero-order valence-corrected chi connectivity index (χ0v) is 18.3. The third-order valence-corrected chi connectivity index (χ3v) is 5.24. The van der Waals surface area contributed by atoms with Crippen LogP contribution in [0.1, 0.15) is 43.7 Å². The zero-order valence-electron chi connectivity index (χ0n) is 16.7. The highest BCUT2D eigenvalue weighted by Crippen LogP contribution is 2.26. The van der Waals surface area contributed by atoms with Crippen molar-refractivity contribution >= 4 is 38.9 Å². The molecule has 0 radical (unpaired) electrons. The van der Waals surface area contributed by atoms with Gasteiger partial charge < -0.3 is 15.2 Å². The summed E-state index contributed by atoms with van der Waals surface area (Å²) in [5.41, 5.74) is 9.04. The van der Waals surface area contributed by atoms with E-state index in [0.29, 0.717) is 29.0 Å². The molecule has 9 heteroatoms. The summed E-state index contributed by atoms with van der Waals surface area (Å²) in [5, 5.41) is 0. The number of benzene rings is 1. The van der Waals surface area contributed by atoms with Crippen LogP contribution in [0.4, 0.5) is 5.82 Å². The molecule has 8 nitrogen and oxygen atoms in total. The highest BCUT2D eigenvalue weighted by Gasteiger charge is 2.18. The number of halogens is 1. The van der Waals surface area contributed by atoms with Crippen molar-refractivity contribution < 1.29 is 14.3 Å². The van der Waals surface area contributed by atoms with Gasteiger partial charge in [-0.25, -0.2) is 4.98 Å².